The van der Waals surface area contributed by atoms with Gasteiger partial charge in [-0.05, 0) is 116 Å². The maximum Gasteiger partial charge on any atom is 3.00 e. The Morgan fingerprint density at radius 2 is 0.661 bits per heavy atom. The van der Waals surface area contributed by atoms with Gasteiger partial charge in [-0.3, -0.25) is 0 Å². The first-order valence-electron chi connectivity index (χ1n) is 21.0. The van der Waals surface area contributed by atoms with Gasteiger partial charge in [-0.1, -0.05) is 150 Å². The Balaban J connectivity index is 0.000000480. The summed E-state index contributed by atoms with van der Waals surface area (Å²) < 4.78 is 0. The fraction of sp³-hybridized carbons (Fsp3) is 0.520. The normalized spacial score (nSPS) is 11.6. The quantitative estimate of drug-likeness (QED) is 0.128. The fourth-order valence-corrected chi connectivity index (χ4v) is 14.6. The summed E-state index contributed by atoms with van der Waals surface area (Å²) in [5.41, 5.74) is 30.0. The molecule has 304 valence electrons. The molecule has 0 aromatic heterocycles. The number of hydrogen-bond acceptors (Lipinski definition) is 0. The summed E-state index contributed by atoms with van der Waals surface area (Å²) in [5.74, 6) is 1.80. The molecular weight excluding hydrogens is 749 g/mol. The third kappa shape index (κ3) is 14.7. The Morgan fingerprint density at radius 1 is 0.411 bits per heavy atom. The van der Waals surface area contributed by atoms with Crippen LogP contribution in [0.3, 0.4) is 0 Å². The summed E-state index contributed by atoms with van der Waals surface area (Å²) in [6.07, 6.45) is 0. The van der Waals surface area contributed by atoms with E-state index >= 15 is 0 Å². The van der Waals surface area contributed by atoms with Gasteiger partial charge in [-0.15, -0.1) is 11.4 Å². The summed E-state index contributed by atoms with van der Waals surface area (Å²) in [6.45, 7) is 40.6. The number of nitrogens with one attached hydrogen (secondary N) is 2. The monoisotopic (exact) mass is 828 g/mol. The van der Waals surface area contributed by atoms with Crippen molar-refractivity contribution < 1.29 is 25.8 Å². The van der Waals surface area contributed by atoms with Crippen LogP contribution in [0.4, 0.5) is 22.7 Å². The molecule has 0 saturated carbocycles. The van der Waals surface area contributed by atoms with Crippen LogP contribution in [0.15, 0.2) is 72.8 Å². The predicted octanol–water partition coefficient (Wildman–Crippen LogP) is 17.2. The zero-order chi connectivity index (χ0) is 41.9. The maximum absolute atomic E-state index is 8.01. The summed E-state index contributed by atoms with van der Waals surface area (Å²) in [6, 6.07) is 26.2. The second kappa shape index (κ2) is 24.2. The predicted molar refractivity (Wildman–Crippen MR) is 259 cm³/mol. The van der Waals surface area contributed by atoms with Crippen molar-refractivity contribution in [1.29, 1.82) is 0 Å². The molecule has 0 bridgehead atoms. The molecule has 3 nitrogen and oxygen atoms in total. The molecule has 0 aliphatic rings. The van der Waals surface area contributed by atoms with Crippen LogP contribution in [-0.2, 0) is 25.8 Å². The van der Waals surface area contributed by atoms with Crippen molar-refractivity contribution in [1.82, 2.24) is 0 Å². The van der Waals surface area contributed by atoms with Gasteiger partial charge in [0.15, 0.2) is 0 Å². The number of hydrogen-bond donors (Lipinski definition) is 0. The van der Waals surface area contributed by atoms with E-state index in [9.17, 15) is 0 Å². The smallest absolute Gasteiger partial charge is 0.698 e. The van der Waals surface area contributed by atoms with E-state index in [1.54, 1.807) is 0 Å². The van der Waals surface area contributed by atoms with Crippen LogP contribution < -0.4 is 10.6 Å². The topological polar surface area (TPSA) is 61.7 Å². The van der Waals surface area contributed by atoms with Crippen molar-refractivity contribution in [2.24, 2.45) is 0 Å². The minimum atomic E-state index is -0.685. The van der Waals surface area contributed by atoms with Crippen molar-refractivity contribution in [2.45, 2.75) is 171 Å². The Morgan fingerprint density at radius 3 is 0.875 bits per heavy atom. The van der Waals surface area contributed by atoms with E-state index in [0.29, 0.717) is 46.3 Å². The maximum atomic E-state index is 8.01. The molecule has 2 N–H and O–H groups in total. The summed E-state index contributed by atoms with van der Waals surface area (Å²) in [4.78, 5) is 0. The van der Waals surface area contributed by atoms with Gasteiger partial charge in [0.05, 0.1) is 33.2 Å². The molecule has 4 rings (SSSR count). The van der Waals surface area contributed by atoms with E-state index in [4.69, 9.17) is 16.8 Å². The van der Waals surface area contributed by atoms with E-state index in [1.807, 2.05) is 0 Å². The van der Waals surface area contributed by atoms with Crippen molar-refractivity contribution in [3.63, 3.8) is 0 Å². The molecule has 0 fully saturated rings. The first-order chi connectivity index (χ1) is 25.6. The summed E-state index contributed by atoms with van der Waals surface area (Å²) in [7, 11) is -1.37. The Kier molecular flexibility index (Phi) is 22.5. The van der Waals surface area contributed by atoms with Crippen LogP contribution in [0.5, 0.6) is 0 Å². The average molecular weight is 828 g/mol. The SMILES string of the molecule is CC(C)c1cccc(C(C)C)c1[NH-].CC(C)c1cccc(C(C)C)c1[NH-].Cc1ccc([N-]c2ccc(C)cc2[PH+](C(C)C)C(C)C)c([PH+](C(C)C)C(C)C)c1.[Sc+3]. The standard InChI is InChI=1S/C26H40NP2.2C12H18N.Sc/c1-17(2)28(18(3)4)25-15-21(9)11-13-23(25)27-24-14-12-22(10)16-26(24)29(19(5)6)20(7)8;2*1-8(2)10-6-5-7-11(9(3)4)12(10)13;/h11-20H,1-10H3;2*5-9,13H,1-4H3;/q3*-1;+3/p+2. The second-order valence-corrected chi connectivity index (χ2v) is 25.4. The first kappa shape index (κ1) is 52.0. The number of aryl methyl sites for hydroxylation is 2. The molecule has 0 unspecified atom stereocenters. The van der Waals surface area contributed by atoms with Crippen molar-refractivity contribution in [3.8, 4) is 0 Å². The van der Waals surface area contributed by atoms with Crippen LogP contribution in [0.1, 0.15) is 168 Å². The van der Waals surface area contributed by atoms with Gasteiger partial charge < -0.3 is 16.8 Å². The van der Waals surface area contributed by atoms with Crippen LogP contribution in [-0.4, -0.2) is 22.6 Å². The fourth-order valence-electron chi connectivity index (χ4n) is 7.77. The number of benzene rings is 4. The van der Waals surface area contributed by atoms with E-state index in [-0.39, 0.29) is 25.8 Å². The van der Waals surface area contributed by atoms with Crippen LogP contribution >= 0.6 is 15.8 Å². The third-order valence-corrected chi connectivity index (χ3v) is 17.4. The van der Waals surface area contributed by atoms with Crippen LogP contribution in [0.25, 0.3) is 16.8 Å². The molecule has 0 atom stereocenters. The minimum absolute atomic E-state index is 0. The van der Waals surface area contributed by atoms with E-state index in [1.165, 1.54) is 33.1 Å². The molecular formula is C50H78N3P2Sc+2. The molecule has 0 amide bonds. The van der Waals surface area contributed by atoms with Gasteiger partial charge in [0.1, 0.15) is 0 Å². The zero-order valence-corrected chi connectivity index (χ0v) is 42.4. The van der Waals surface area contributed by atoms with Gasteiger partial charge in [0.2, 0.25) is 0 Å². The molecule has 0 aliphatic carbocycles. The number of nitrogens with zero attached hydrogens (tertiary/aromatic N) is 1. The van der Waals surface area contributed by atoms with Gasteiger partial charge in [0.25, 0.3) is 0 Å². The van der Waals surface area contributed by atoms with Gasteiger partial charge in [0, 0.05) is 15.8 Å². The van der Waals surface area contributed by atoms with Crippen molar-refractivity contribution >= 4 is 49.2 Å². The van der Waals surface area contributed by atoms with Gasteiger partial charge in [-0.25, -0.2) is 0 Å². The first-order valence-corrected chi connectivity index (χ1v) is 24.3. The Labute approximate surface area is 366 Å². The molecule has 0 saturated heterocycles. The van der Waals surface area contributed by atoms with Crippen molar-refractivity contribution in [2.75, 3.05) is 0 Å². The zero-order valence-electron chi connectivity index (χ0n) is 38.6. The van der Waals surface area contributed by atoms with Crippen molar-refractivity contribution in [3.05, 3.63) is 123 Å². The molecule has 0 heterocycles. The molecule has 6 heteroatoms. The van der Waals surface area contributed by atoms with Gasteiger partial charge in [-0.2, -0.15) is 0 Å². The second-order valence-electron chi connectivity index (χ2n) is 17.9. The van der Waals surface area contributed by atoms with E-state index in [2.05, 4.69) is 197 Å². The third-order valence-electron chi connectivity index (χ3n) is 10.4. The molecule has 56 heavy (non-hydrogen) atoms. The molecule has 0 spiro atoms. The minimum Gasteiger partial charge on any atom is -0.698 e. The average Bonchev–Trinajstić information content (AvgIpc) is 3.06. The van der Waals surface area contributed by atoms with Gasteiger partial charge >= 0.3 is 25.8 Å². The largest absolute Gasteiger partial charge is 3.00 e. The molecule has 4 aromatic rings. The summed E-state index contributed by atoms with van der Waals surface area (Å²) >= 11 is 0. The molecule has 0 aliphatic heterocycles. The Hall–Kier alpha value is -1.99. The summed E-state index contributed by atoms with van der Waals surface area (Å²) in [5, 5.41) is 8.36. The van der Waals surface area contributed by atoms with Crippen LogP contribution in [0.2, 0.25) is 0 Å². The van der Waals surface area contributed by atoms with E-state index < -0.39 is 15.8 Å². The van der Waals surface area contributed by atoms with E-state index in [0.717, 1.165) is 33.6 Å². The molecule has 0 radical (unpaired) electrons. The number of rotatable bonds is 12. The Bertz CT molecular complexity index is 1580. The molecule has 4 aromatic carbocycles. The van der Waals surface area contributed by atoms with Crippen LogP contribution in [0, 0.1) is 13.8 Å².